The largest absolute Gasteiger partial charge is 0.450 e. The number of aromatic nitrogens is 1. The molecule has 198 valence electrons. The van der Waals surface area contributed by atoms with Gasteiger partial charge >= 0.3 is 0 Å². The van der Waals surface area contributed by atoms with Crippen LogP contribution in [0.1, 0.15) is 73.0 Å². The maximum absolute atomic E-state index is 13.5. The molecule has 3 N–H and O–H groups in total. The number of nitrogens with zero attached hydrogens (tertiary/aromatic N) is 2. The van der Waals surface area contributed by atoms with E-state index in [1.165, 1.54) is 44.9 Å². The maximum Gasteiger partial charge on any atom is 0.287 e. The number of furan rings is 1. The third-order valence-electron chi connectivity index (χ3n) is 9.03. The fourth-order valence-corrected chi connectivity index (χ4v) is 6.94. The summed E-state index contributed by atoms with van der Waals surface area (Å²) in [4.78, 5) is 17.7. The fraction of sp³-hybridized carbons (Fsp3) is 0.452. The number of carbonyl (C=O) groups excluding carboxylic acids is 1. The van der Waals surface area contributed by atoms with Crippen molar-refractivity contribution < 1.29 is 14.4 Å². The Morgan fingerprint density at radius 1 is 1.03 bits per heavy atom. The summed E-state index contributed by atoms with van der Waals surface area (Å²) in [5.74, 6) is 1.50. The number of pyridine rings is 1. The zero-order valence-corrected chi connectivity index (χ0v) is 21.8. The normalized spacial score (nSPS) is 20.4. The summed E-state index contributed by atoms with van der Waals surface area (Å²) >= 11 is 0. The van der Waals surface area contributed by atoms with Crippen LogP contribution in [0.15, 0.2) is 58.4 Å². The van der Waals surface area contributed by atoms with Gasteiger partial charge in [0, 0.05) is 35.6 Å². The Morgan fingerprint density at radius 2 is 1.82 bits per heavy atom. The van der Waals surface area contributed by atoms with E-state index in [4.69, 9.17) is 4.42 Å². The lowest BCUT2D eigenvalue weighted by Gasteiger charge is -2.45. The maximum atomic E-state index is 13.5. The smallest absolute Gasteiger partial charge is 0.287 e. The average Bonchev–Trinajstić information content (AvgIpc) is 3.62. The van der Waals surface area contributed by atoms with Gasteiger partial charge in [0.15, 0.2) is 5.76 Å². The van der Waals surface area contributed by atoms with Crippen LogP contribution in [0.4, 0.5) is 0 Å². The number of piperidine rings is 1. The number of benzene rings is 1. The molecule has 2 fully saturated rings. The molecular weight excluding hydrogens is 476 g/mol. The molecule has 38 heavy (non-hydrogen) atoms. The number of rotatable bonds is 6. The Hall–Kier alpha value is -3.45. The molecule has 1 aromatic carbocycles. The van der Waals surface area contributed by atoms with Gasteiger partial charge in [-0.05, 0) is 92.3 Å². The van der Waals surface area contributed by atoms with E-state index in [2.05, 4.69) is 26.8 Å². The molecule has 3 aromatic rings. The minimum Gasteiger partial charge on any atom is -0.450 e. The molecule has 2 aromatic heterocycles. The number of oxime groups is 1. The highest BCUT2D eigenvalue weighted by Gasteiger charge is 2.40. The van der Waals surface area contributed by atoms with Crippen LogP contribution in [-0.4, -0.2) is 41.4 Å². The second-order valence-corrected chi connectivity index (χ2v) is 11.1. The third-order valence-corrected chi connectivity index (χ3v) is 9.03. The van der Waals surface area contributed by atoms with E-state index in [1.807, 2.05) is 30.3 Å². The van der Waals surface area contributed by atoms with Crippen molar-refractivity contribution in [3.63, 3.8) is 0 Å². The monoisotopic (exact) mass is 512 g/mol. The number of amides is 1. The van der Waals surface area contributed by atoms with Gasteiger partial charge in [-0.3, -0.25) is 9.78 Å². The number of fused-ring (bicyclic) bond motifs is 1. The highest BCUT2D eigenvalue weighted by Crippen LogP contribution is 2.46. The predicted molar refractivity (Wildman–Crippen MR) is 147 cm³/mol. The fourth-order valence-electron chi connectivity index (χ4n) is 6.94. The number of nitrogens with one attached hydrogen (secondary N) is 2. The highest BCUT2D eigenvalue weighted by atomic mass is 16.4. The lowest BCUT2D eigenvalue weighted by atomic mass is 9.63. The Bertz CT molecular complexity index is 1320. The van der Waals surface area contributed by atoms with Gasteiger partial charge in [0.1, 0.15) is 5.76 Å². The van der Waals surface area contributed by atoms with Crippen LogP contribution in [0.2, 0.25) is 0 Å². The van der Waals surface area contributed by atoms with Crippen molar-refractivity contribution in [2.24, 2.45) is 16.5 Å². The molecule has 7 nitrogen and oxygen atoms in total. The van der Waals surface area contributed by atoms with E-state index in [9.17, 15) is 10.0 Å². The SMILES string of the molecule is O=C(NCC1(C2CCNCC2)CCCCC1)c1cc(-c2ccc3c(c2)CCC3=NO)c(-c2ccncc2)o1. The van der Waals surface area contributed by atoms with Gasteiger partial charge in [0.05, 0.1) is 5.71 Å². The van der Waals surface area contributed by atoms with Crippen LogP contribution in [0, 0.1) is 11.3 Å². The highest BCUT2D eigenvalue weighted by molar-refractivity contribution is 6.05. The van der Waals surface area contributed by atoms with Crippen molar-refractivity contribution >= 4 is 11.6 Å². The number of carbonyl (C=O) groups is 1. The second-order valence-electron chi connectivity index (χ2n) is 11.1. The Kier molecular flexibility index (Phi) is 7.02. The summed E-state index contributed by atoms with van der Waals surface area (Å²) in [7, 11) is 0. The van der Waals surface area contributed by atoms with Crippen molar-refractivity contribution in [1.82, 2.24) is 15.6 Å². The van der Waals surface area contributed by atoms with Crippen LogP contribution >= 0.6 is 0 Å². The molecule has 0 radical (unpaired) electrons. The van der Waals surface area contributed by atoms with Crippen LogP contribution in [-0.2, 0) is 6.42 Å². The van der Waals surface area contributed by atoms with Crippen molar-refractivity contribution in [3.05, 3.63) is 65.7 Å². The van der Waals surface area contributed by atoms with Crippen molar-refractivity contribution in [2.75, 3.05) is 19.6 Å². The van der Waals surface area contributed by atoms with Gasteiger partial charge in [0.2, 0.25) is 0 Å². The first-order valence-corrected chi connectivity index (χ1v) is 14.0. The molecule has 6 rings (SSSR count). The summed E-state index contributed by atoms with van der Waals surface area (Å²) in [5.41, 5.74) is 5.78. The molecule has 1 saturated heterocycles. The van der Waals surface area contributed by atoms with Gasteiger partial charge in [0.25, 0.3) is 5.91 Å². The van der Waals surface area contributed by atoms with E-state index in [0.717, 1.165) is 59.5 Å². The van der Waals surface area contributed by atoms with Crippen LogP contribution in [0.25, 0.3) is 22.5 Å². The quantitative estimate of drug-likeness (QED) is 0.286. The zero-order valence-electron chi connectivity index (χ0n) is 21.8. The summed E-state index contributed by atoms with van der Waals surface area (Å²) in [6.45, 7) is 2.85. The van der Waals surface area contributed by atoms with Gasteiger partial charge < -0.3 is 20.3 Å². The van der Waals surface area contributed by atoms with Crippen LogP contribution in [0.3, 0.4) is 0 Å². The molecule has 0 unspecified atom stereocenters. The Balaban J connectivity index is 1.29. The molecule has 1 aliphatic heterocycles. The lowest BCUT2D eigenvalue weighted by molar-refractivity contribution is 0.0629. The molecule has 0 atom stereocenters. The summed E-state index contributed by atoms with van der Waals surface area (Å²) < 4.78 is 6.28. The summed E-state index contributed by atoms with van der Waals surface area (Å²) in [5, 5.41) is 19.6. The number of hydrogen-bond donors (Lipinski definition) is 3. The van der Waals surface area contributed by atoms with Crippen molar-refractivity contribution in [2.45, 2.75) is 57.8 Å². The molecule has 2 aliphatic carbocycles. The molecule has 3 aliphatic rings. The third kappa shape index (κ3) is 4.75. The first-order chi connectivity index (χ1) is 18.7. The first-order valence-electron chi connectivity index (χ1n) is 14.0. The van der Waals surface area contributed by atoms with Gasteiger partial charge in [-0.1, -0.05) is 42.6 Å². The Labute approximate surface area is 223 Å². The molecule has 7 heteroatoms. The summed E-state index contributed by atoms with van der Waals surface area (Å²) in [6.07, 6.45) is 13.6. The number of aryl methyl sites for hydroxylation is 1. The van der Waals surface area contributed by atoms with Gasteiger partial charge in [-0.2, -0.15) is 0 Å². The molecule has 1 amide bonds. The second kappa shape index (κ2) is 10.7. The molecule has 0 bridgehead atoms. The van der Waals surface area contributed by atoms with Crippen molar-refractivity contribution in [3.8, 4) is 22.5 Å². The topological polar surface area (TPSA) is 99.8 Å². The standard InChI is InChI=1S/C31H36N4O3/c36-30(34-20-31(12-2-1-3-13-31)24-10-16-33-17-11-24)28-19-26(29(38-28)21-8-14-32-15-9-21)23-4-6-25-22(18-23)5-7-27(25)35-37/h4,6,8-9,14-15,18-19,24,33,37H,1-3,5,7,10-13,16-17,20H2,(H,34,36). The van der Waals surface area contributed by atoms with E-state index in [1.54, 1.807) is 12.4 Å². The first kappa shape index (κ1) is 24.9. The summed E-state index contributed by atoms with van der Waals surface area (Å²) in [6, 6.07) is 11.8. The van der Waals surface area contributed by atoms with Crippen LogP contribution < -0.4 is 10.6 Å². The molecule has 0 spiro atoms. The molecular formula is C31H36N4O3. The zero-order chi connectivity index (χ0) is 26.0. The van der Waals surface area contributed by atoms with E-state index in [0.29, 0.717) is 24.0 Å². The van der Waals surface area contributed by atoms with E-state index in [-0.39, 0.29) is 11.3 Å². The average molecular weight is 513 g/mol. The van der Waals surface area contributed by atoms with Crippen LogP contribution in [0.5, 0.6) is 0 Å². The molecule has 3 heterocycles. The van der Waals surface area contributed by atoms with E-state index >= 15 is 0 Å². The van der Waals surface area contributed by atoms with Crippen molar-refractivity contribution in [1.29, 1.82) is 0 Å². The minimum atomic E-state index is -0.152. The molecule has 1 saturated carbocycles. The predicted octanol–water partition coefficient (Wildman–Crippen LogP) is 5.81. The van der Waals surface area contributed by atoms with Gasteiger partial charge in [-0.15, -0.1) is 0 Å². The van der Waals surface area contributed by atoms with Gasteiger partial charge in [-0.25, -0.2) is 0 Å². The minimum absolute atomic E-state index is 0.152. The Morgan fingerprint density at radius 3 is 2.58 bits per heavy atom. The number of hydrogen-bond acceptors (Lipinski definition) is 6. The van der Waals surface area contributed by atoms with E-state index < -0.39 is 0 Å². The lowest BCUT2D eigenvalue weighted by Crippen LogP contribution is -2.47.